The van der Waals surface area contributed by atoms with Crippen LogP contribution in [0.3, 0.4) is 0 Å². The topological polar surface area (TPSA) is 65.0 Å². The molecule has 37 heavy (non-hydrogen) atoms. The molecule has 0 N–H and O–H groups in total. The molecule has 0 spiro atoms. The molecule has 0 aliphatic heterocycles. The predicted molar refractivity (Wildman–Crippen MR) is 133 cm³/mol. The summed E-state index contributed by atoms with van der Waals surface area (Å²) >= 11 is 0. The lowest BCUT2D eigenvalue weighted by Gasteiger charge is -2.14. The Labute approximate surface area is 211 Å². The van der Waals surface area contributed by atoms with E-state index in [0.717, 1.165) is 52.3 Å². The van der Waals surface area contributed by atoms with Crippen molar-refractivity contribution in [3.63, 3.8) is 0 Å². The Balaban J connectivity index is 1.45. The van der Waals surface area contributed by atoms with Gasteiger partial charge in [0.05, 0.1) is 29.8 Å². The van der Waals surface area contributed by atoms with Crippen LogP contribution < -0.4 is 4.74 Å². The van der Waals surface area contributed by atoms with E-state index >= 15 is 0 Å². The molecular weight excluding hydrogens is 479 g/mol. The van der Waals surface area contributed by atoms with Gasteiger partial charge in [-0.05, 0) is 35.9 Å². The fourth-order valence-electron chi connectivity index (χ4n) is 4.48. The Hall–Kier alpha value is -4.33. The van der Waals surface area contributed by atoms with Gasteiger partial charge in [-0.15, -0.1) is 0 Å². The first-order valence-electron chi connectivity index (χ1n) is 11.6. The maximum Gasteiger partial charge on any atom is 0.416 e. The molecule has 0 amide bonds. The van der Waals surface area contributed by atoms with E-state index in [-0.39, 0.29) is 12.0 Å². The molecule has 0 atom stereocenters. The van der Waals surface area contributed by atoms with Crippen LogP contribution in [0.25, 0.3) is 17.3 Å². The molecule has 4 aromatic rings. The van der Waals surface area contributed by atoms with Crippen LogP contribution in [0.2, 0.25) is 0 Å². The van der Waals surface area contributed by atoms with Crippen LogP contribution in [0.15, 0.2) is 73.2 Å². The Kier molecular flexibility index (Phi) is 6.56. The second-order valence-electron chi connectivity index (χ2n) is 8.69. The summed E-state index contributed by atoms with van der Waals surface area (Å²) in [5.41, 5.74) is 5.05. The molecule has 0 saturated heterocycles. The van der Waals surface area contributed by atoms with Crippen LogP contribution in [0.5, 0.6) is 5.75 Å². The van der Waals surface area contributed by atoms with E-state index in [0.29, 0.717) is 17.7 Å². The first-order valence-corrected chi connectivity index (χ1v) is 11.6. The number of carbonyl (C=O) groups is 1. The van der Waals surface area contributed by atoms with Crippen LogP contribution in [-0.2, 0) is 25.4 Å². The van der Waals surface area contributed by atoms with Gasteiger partial charge in [-0.1, -0.05) is 36.4 Å². The SMILES string of the molecule is COc1ccc(CC(=O)c2cccc(C(F)(F)F)c2)cc1Cc1ncccc1-c1ncnc2c1C=CC2. The average Bonchev–Trinajstić information content (AvgIpc) is 3.38. The number of Topliss-reactive ketones (excluding diaryl/α,β-unsaturated/α-hetero) is 1. The van der Waals surface area contributed by atoms with E-state index in [1.165, 1.54) is 12.1 Å². The minimum Gasteiger partial charge on any atom is -0.496 e. The molecule has 0 unspecified atom stereocenters. The number of ketones is 1. The molecule has 186 valence electrons. The van der Waals surface area contributed by atoms with Crippen molar-refractivity contribution in [1.29, 1.82) is 0 Å². The van der Waals surface area contributed by atoms with E-state index in [2.05, 4.69) is 15.0 Å². The van der Waals surface area contributed by atoms with E-state index in [1.54, 1.807) is 31.8 Å². The number of fused-ring (bicyclic) bond motifs is 1. The van der Waals surface area contributed by atoms with E-state index in [9.17, 15) is 18.0 Å². The first-order chi connectivity index (χ1) is 17.8. The Bertz CT molecular complexity index is 1510. The van der Waals surface area contributed by atoms with Gasteiger partial charge >= 0.3 is 6.18 Å². The highest BCUT2D eigenvalue weighted by molar-refractivity contribution is 5.97. The number of pyridine rings is 1. The number of halogens is 3. The van der Waals surface area contributed by atoms with Crippen LogP contribution >= 0.6 is 0 Å². The molecular formula is C29H22F3N3O2. The smallest absolute Gasteiger partial charge is 0.416 e. The maximum atomic E-state index is 13.1. The lowest BCUT2D eigenvalue weighted by Crippen LogP contribution is -2.09. The van der Waals surface area contributed by atoms with Gasteiger partial charge in [0.15, 0.2) is 5.78 Å². The number of allylic oxidation sites excluding steroid dienone is 1. The molecule has 8 heteroatoms. The molecule has 0 fully saturated rings. The van der Waals surface area contributed by atoms with Crippen molar-refractivity contribution < 1.29 is 22.7 Å². The number of rotatable bonds is 7. The monoisotopic (exact) mass is 501 g/mol. The van der Waals surface area contributed by atoms with Gasteiger partial charge in [0, 0.05) is 47.7 Å². The third kappa shape index (κ3) is 5.14. The van der Waals surface area contributed by atoms with E-state index < -0.39 is 17.5 Å². The molecule has 5 rings (SSSR count). The number of methoxy groups -OCH3 is 1. The van der Waals surface area contributed by atoms with Crippen molar-refractivity contribution in [2.24, 2.45) is 0 Å². The molecule has 0 saturated carbocycles. The Morgan fingerprint density at radius 3 is 2.70 bits per heavy atom. The van der Waals surface area contributed by atoms with Gasteiger partial charge in [0.1, 0.15) is 12.1 Å². The molecule has 0 bridgehead atoms. The summed E-state index contributed by atoms with van der Waals surface area (Å²) in [6.07, 6.45) is 3.95. The van der Waals surface area contributed by atoms with E-state index in [4.69, 9.17) is 4.74 Å². The van der Waals surface area contributed by atoms with Crippen LogP contribution in [0, 0.1) is 0 Å². The number of nitrogens with zero attached hydrogens (tertiary/aromatic N) is 3. The summed E-state index contributed by atoms with van der Waals surface area (Å²) in [6, 6.07) is 13.7. The van der Waals surface area contributed by atoms with Crippen LogP contribution in [0.4, 0.5) is 13.2 Å². The van der Waals surface area contributed by atoms with Gasteiger partial charge < -0.3 is 4.74 Å². The first kappa shape index (κ1) is 24.4. The molecule has 2 aromatic carbocycles. The largest absolute Gasteiger partial charge is 0.496 e. The summed E-state index contributed by atoms with van der Waals surface area (Å²) in [6.45, 7) is 0. The lowest BCUT2D eigenvalue weighted by atomic mass is 9.96. The highest BCUT2D eigenvalue weighted by atomic mass is 19.4. The summed E-state index contributed by atoms with van der Waals surface area (Å²) in [5.74, 6) is 0.226. The quantitative estimate of drug-likeness (QED) is 0.284. The van der Waals surface area contributed by atoms with Gasteiger partial charge in [-0.3, -0.25) is 9.78 Å². The standard InChI is InChI=1S/C29H22F3N3O2/c1-37-27-11-10-18(14-26(36)19-5-2-6-21(15-19)29(30,31)32)13-20(27)16-25-23(8-4-12-33-25)28-22-7-3-9-24(22)34-17-35-28/h2-8,10-13,15,17H,9,14,16H2,1H3. The van der Waals surface area contributed by atoms with E-state index in [1.807, 2.05) is 30.4 Å². The summed E-state index contributed by atoms with van der Waals surface area (Å²) in [7, 11) is 1.56. The average molecular weight is 502 g/mol. The van der Waals surface area contributed by atoms with Crippen molar-refractivity contribution in [2.45, 2.75) is 25.4 Å². The zero-order valence-corrected chi connectivity index (χ0v) is 19.9. The zero-order chi connectivity index (χ0) is 26.0. The Morgan fingerprint density at radius 2 is 1.89 bits per heavy atom. The van der Waals surface area contributed by atoms with Crippen molar-refractivity contribution in [1.82, 2.24) is 15.0 Å². The van der Waals surface area contributed by atoms with Crippen molar-refractivity contribution in [3.05, 3.63) is 112 Å². The van der Waals surface area contributed by atoms with Gasteiger partial charge in [-0.2, -0.15) is 13.2 Å². The van der Waals surface area contributed by atoms with Crippen LogP contribution in [0.1, 0.15) is 44.0 Å². The van der Waals surface area contributed by atoms with Crippen molar-refractivity contribution >= 4 is 11.9 Å². The number of hydrogen-bond donors (Lipinski definition) is 0. The number of aromatic nitrogens is 3. The molecule has 1 aliphatic rings. The second kappa shape index (κ2) is 9.97. The molecule has 0 radical (unpaired) electrons. The fourth-order valence-corrected chi connectivity index (χ4v) is 4.48. The zero-order valence-electron chi connectivity index (χ0n) is 19.9. The van der Waals surface area contributed by atoms with Crippen molar-refractivity contribution in [3.8, 4) is 17.0 Å². The molecule has 5 nitrogen and oxygen atoms in total. The highest BCUT2D eigenvalue weighted by Crippen LogP contribution is 2.33. The summed E-state index contributed by atoms with van der Waals surface area (Å²) in [4.78, 5) is 26.3. The summed E-state index contributed by atoms with van der Waals surface area (Å²) < 4.78 is 44.8. The minimum absolute atomic E-state index is 0.0184. The number of hydrogen-bond acceptors (Lipinski definition) is 5. The number of ether oxygens (including phenoxy) is 1. The molecule has 1 aliphatic carbocycles. The highest BCUT2D eigenvalue weighted by Gasteiger charge is 2.31. The predicted octanol–water partition coefficient (Wildman–Crippen LogP) is 6.15. The third-order valence-electron chi connectivity index (χ3n) is 6.29. The number of carbonyl (C=O) groups excluding carboxylic acids is 1. The maximum absolute atomic E-state index is 13.1. The Morgan fingerprint density at radius 1 is 1.03 bits per heavy atom. The third-order valence-corrected chi connectivity index (χ3v) is 6.29. The summed E-state index contributed by atoms with van der Waals surface area (Å²) in [5, 5.41) is 0. The number of alkyl halides is 3. The molecule has 2 heterocycles. The second-order valence-corrected chi connectivity index (χ2v) is 8.69. The number of benzene rings is 2. The normalized spacial score (nSPS) is 12.4. The van der Waals surface area contributed by atoms with Crippen molar-refractivity contribution in [2.75, 3.05) is 7.11 Å². The molecule has 2 aromatic heterocycles. The van der Waals surface area contributed by atoms with Gasteiger partial charge in [0.25, 0.3) is 0 Å². The lowest BCUT2D eigenvalue weighted by molar-refractivity contribution is -0.137. The van der Waals surface area contributed by atoms with Gasteiger partial charge in [-0.25, -0.2) is 9.97 Å². The fraction of sp³-hybridized carbons (Fsp3) is 0.172. The van der Waals surface area contributed by atoms with Crippen LogP contribution in [-0.4, -0.2) is 27.8 Å². The minimum atomic E-state index is -4.51. The van der Waals surface area contributed by atoms with Gasteiger partial charge in [0.2, 0.25) is 0 Å².